The molecule has 0 heterocycles. The zero-order chi connectivity index (χ0) is 12.8. The maximum absolute atomic E-state index is 9.65. The maximum Gasteiger partial charge on any atom is 0.0802 e. The van der Waals surface area contributed by atoms with E-state index in [1.165, 1.54) is 11.1 Å². The van der Waals surface area contributed by atoms with Crippen LogP contribution in [0.5, 0.6) is 0 Å². The first-order valence-corrected chi connectivity index (χ1v) is 6.49. The first-order chi connectivity index (χ1) is 8.04. The smallest absolute Gasteiger partial charge is 0.0802 e. The molecule has 3 atom stereocenters. The van der Waals surface area contributed by atoms with Crippen molar-refractivity contribution >= 4 is 0 Å². The highest BCUT2D eigenvalue weighted by Gasteiger charge is 2.16. The van der Waals surface area contributed by atoms with Crippen LogP contribution in [0.15, 0.2) is 24.3 Å². The van der Waals surface area contributed by atoms with E-state index in [1.807, 2.05) is 0 Å². The quantitative estimate of drug-likeness (QED) is 0.797. The van der Waals surface area contributed by atoms with Crippen molar-refractivity contribution < 1.29 is 10.2 Å². The SMILES string of the molecule is CCCc1ccc(C(C)CC(O)C(C)O)cc1. The van der Waals surface area contributed by atoms with Gasteiger partial charge >= 0.3 is 0 Å². The highest BCUT2D eigenvalue weighted by Crippen LogP contribution is 2.22. The van der Waals surface area contributed by atoms with Crippen molar-refractivity contribution in [2.75, 3.05) is 0 Å². The van der Waals surface area contributed by atoms with Crippen molar-refractivity contribution in [1.29, 1.82) is 0 Å². The van der Waals surface area contributed by atoms with Crippen LogP contribution in [0.1, 0.15) is 50.7 Å². The van der Waals surface area contributed by atoms with Crippen molar-refractivity contribution in [3.63, 3.8) is 0 Å². The third-order valence-electron chi connectivity index (χ3n) is 3.24. The minimum Gasteiger partial charge on any atom is -0.391 e. The minimum absolute atomic E-state index is 0.273. The molecule has 96 valence electrons. The lowest BCUT2D eigenvalue weighted by molar-refractivity contribution is 0.0227. The number of aryl methyl sites for hydroxylation is 1. The molecule has 2 heteroatoms. The van der Waals surface area contributed by atoms with Crippen LogP contribution in [0.4, 0.5) is 0 Å². The van der Waals surface area contributed by atoms with Gasteiger partial charge < -0.3 is 10.2 Å². The lowest BCUT2D eigenvalue weighted by Gasteiger charge is -2.19. The maximum atomic E-state index is 9.65. The van der Waals surface area contributed by atoms with Gasteiger partial charge in [-0.1, -0.05) is 44.5 Å². The Morgan fingerprint density at radius 3 is 2.12 bits per heavy atom. The fourth-order valence-electron chi connectivity index (χ4n) is 2.00. The zero-order valence-corrected chi connectivity index (χ0v) is 11.1. The van der Waals surface area contributed by atoms with Crippen LogP contribution < -0.4 is 0 Å². The van der Waals surface area contributed by atoms with Gasteiger partial charge in [-0.2, -0.15) is 0 Å². The van der Waals surface area contributed by atoms with Crippen molar-refractivity contribution in [1.82, 2.24) is 0 Å². The Bertz CT molecular complexity index is 316. The van der Waals surface area contributed by atoms with Crippen LogP contribution in [0, 0.1) is 0 Å². The largest absolute Gasteiger partial charge is 0.391 e. The van der Waals surface area contributed by atoms with E-state index in [0.29, 0.717) is 6.42 Å². The van der Waals surface area contributed by atoms with Crippen LogP contribution >= 0.6 is 0 Å². The van der Waals surface area contributed by atoms with E-state index in [0.717, 1.165) is 12.8 Å². The molecular formula is C15H24O2. The molecule has 0 aliphatic rings. The topological polar surface area (TPSA) is 40.5 Å². The van der Waals surface area contributed by atoms with E-state index in [2.05, 4.69) is 38.1 Å². The summed E-state index contributed by atoms with van der Waals surface area (Å²) in [5, 5.41) is 18.9. The molecule has 0 amide bonds. The molecule has 2 nitrogen and oxygen atoms in total. The van der Waals surface area contributed by atoms with Crippen molar-refractivity contribution in [3.05, 3.63) is 35.4 Å². The second kappa shape index (κ2) is 6.77. The lowest BCUT2D eigenvalue weighted by atomic mass is 9.92. The van der Waals surface area contributed by atoms with Crippen LogP contribution in [0.2, 0.25) is 0 Å². The summed E-state index contributed by atoms with van der Waals surface area (Å²) in [6.07, 6.45) is 1.59. The molecule has 0 radical (unpaired) electrons. The van der Waals surface area contributed by atoms with Gasteiger partial charge in [-0.3, -0.25) is 0 Å². The first kappa shape index (κ1) is 14.2. The fraction of sp³-hybridized carbons (Fsp3) is 0.600. The number of aliphatic hydroxyl groups is 2. The average molecular weight is 236 g/mol. The number of benzene rings is 1. The van der Waals surface area contributed by atoms with E-state index in [-0.39, 0.29) is 5.92 Å². The highest BCUT2D eigenvalue weighted by atomic mass is 16.3. The molecule has 0 aromatic heterocycles. The second-order valence-corrected chi connectivity index (χ2v) is 4.94. The van der Waals surface area contributed by atoms with Gasteiger partial charge in [0.05, 0.1) is 12.2 Å². The monoisotopic (exact) mass is 236 g/mol. The van der Waals surface area contributed by atoms with Gasteiger partial charge in [0, 0.05) is 0 Å². The van der Waals surface area contributed by atoms with E-state index in [9.17, 15) is 10.2 Å². The summed E-state index contributed by atoms with van der Waals surface area (Å²) < 4.78 is 0. The van der Waals surface area contributed by atoms with Crippen molar-refractivity contribution in [2.45, 2.75) is 58.2 Å². The average Bonchev–Trinajstić information content (AvgIpc) is 2.30. The van der Waals surface area contributed by atoms with Crippen molar-refractivity contribution in [2.24, 2.45) is 0 Å². The predicted octanol–water partition coefficient (Wildman–Crippen LogP) is 2.87. The Hall–Kier alpha value is -0.860. The molecule has 1 rings (SSSR count). The van der Waals surface area contributed by atoms with Gasteiger partial charge in [-0.15, -0.1) is 0 Å². The summed E-state index contributed by atoms with van der Waals surface area (Å²) in [6.45, 7) is 5.89. The molecule has 0 saturated heterocycles. The number of hydrogen-bond donors (Lipinski definition) is 2. The van der Waals surface area contributed by atoms with Crippen LogP contribution in [-0.4, -0.2) is 22.4 Å². The summed E-state index contributed by atoms with van der Waals surface area (Å²) >= 11 is 0. The fourth-order valence-corrected chi connectivity index (χ4v) is 2.00. The zero-order valence-electron chi connectivity index (χ0n) is 11.1. The summed E-state index contributed by atoms with van der Waals surface area (Å²) in [4.78, 5) is 0. The Labute approximate surface area is 104 Å². The Morgan fingerprint density at radius 2 is 1.65 bits per heavy atom. The highest BCUT2D eigenvalue weighted by molar-refractivity contribution is 5.25. The number of hydrogen-bond acceptors (Lipinski definition) is 2. The molecule has 0 saturated carbocycles. The summed E-state index contributed by atoms with van der Waals surface area (Å²) in [6, 6.07) is 8.57. The molecule has 0 aliphatic carbocycles. The molecule has 0 fully saturated rings. The summed E-state index contributed by atoms with van der Waals surface area (Å²) in [5.41, 5.74) is 2.59. The van der Waals surface area contributed by atoms with E-state index in [4.69, 9.17) is 0 Å². The molecule has 0 aliphatic heterocycles. The molecule has 3 unspecified atom stereocenters. The molecule has 17 heavy (non-hydrogen) atoms. The van der Waals surface area contributed by atoms with Crippen molar-refractivity contribution in [3.8, 4) is 0 Å². The Morgan fingerprint density at radius 1 is 1.06 bits per heavy atom. The second-order valence-electron chi connectivity index (χ2n) is 4.94. The first-order valence-electron chi connectivity index (χ1n) is 6.49. The lowest BCUT2D eigenvalue weighted by Crippen LogP contribution is -2.24. The van der Waals surface area contributed by atoms with Gasteiger partial charge in [0.1, 0.15) is 0 Å². The van der Waals surface area contributed by atoms with E-state index >= 15 is 0 Å². The Balaban J connectivity index is 2.60. The molecule has 1 aromatic carbocycles. The third kappa shape index (κ3) is 4.49. The third-order valence-corrected chi connectivity index (χ3v) is 3.24. The van der Waals surface area contributed by atoms with Crippen LogP contribution in [0.3, 0.4) is 0 Å². The van der Waals surface area contributed by atoms with Gasteiger partial charge in [0.15, 0.2) is 0 Å². The predicted molar refractivity (Wildman–Crippen MR) is 71.2 cm³/mol. The standard InChI is InChI=1S/C15H24O2/c1-4-5-13-6-8-14(9-7-13)11(2)10-15(17)12(3)16/h6-9,11-12,15-17H,4-5,10H2,1-3H3. The minimum atomic E-state index is -0.656. The van der Waals surface area contributed by atoms with Gasteiger partial charge in [0.2, 0.25) is 0 Å². The van der Waals surface area contributed by atoms with E-state index < -0.39 is 12.2 Å². The molecule has 0 spiro atoms. The van der Waals surface area contributed by atoms with E-state index in [1.54, 1.807) is 6.92 Å². The number of rotatable bonds is 6. The van der Waals surface area contributed by atoms with Gasteiger partial charge in [-0.25, -0.2) is 0 Å². The van der Waals surface area contributed by atoms with Gasteiger partial charge in [0.25, 0.3) is 0 Å². The summed E-state index contributed by atoms with van der Waals surface area (Å²) in [5.74, 6) is 0.273. The summed E-state index contributed by atoms with van der Waals surface area (Å²) in [7, 11) is 0. The Kier molecular flexibility index (Phi) is 5.66. The van der Waals surface area contributed by atoms with Crippen LogP contribution in [0.25, 0.3) is 0 Å². The number of aliphatic hydroxyl groups excluding tert-OH is 2. The van der Waals surface area contributed by atoms with Gasteiger partial charge in [-0.05, 0) is 36.8 Å². The molecule has 0 bridgehead atoms. The van der Waals surface area contributed by atoms with Crippen LogP contribution in [-0.2, 0) is 6.42 Å². The normalized spacial score (nSPS) is 16.5. The molecular weight excluding hydrogens is 212 g/mol. The molecule has 2 N–H and O–H groups in total. The molecule has 1 aromatic rings.